The lowest BCUT2D eigenvalue weighted by Gasteiger charge is -2.32. The van der Waals surface area contributed by atoms with Crippen LogP contribution in [0.3, 0.4) is 0 Å². The van der Waals surface area contributed by atoms with Crippen LogP contribution in [0.25, 0.3) is 0 Å². The number of carboxylic acids is 1. The maximum absolute atomic E-state index is 13.0. The molecule has 1 aromatic heterocycles. The Bertz CT molecular complexity index is 832. The lowest BCUT2D eigenvalue weighted by atomic mass is 9.82. The van der Waals surface area contributed by atoms with Gasteiger partial charge in [0.2, 0.25) is 5.91 Å². The van der Waals surface area contributed by atoms with Crippen molar-refractivity contribution < 1.29 is 41.8 Å². The molecule has 0 aromatic carbocycles. The molecule has 12 heteroatoms. The Morgan fingerprint density at radius 1 is 1.25 bits per heavy atom. The van der Waals surface area contributed by atoms with Gasteiger partial charge in [-0.3, -0.25) is 14.6 Å². The molecule has 2 aliphatic heterocycles. The van der Waals surface area contributed by atoms with Crippen LogP contribution in [0.15, 0.2) is 24.5 Å². The van der Waals surface area contributed by atoms with Crippen molar-refractivity contribution in [1.82, 2.24) is 15.2 Å². The molecule has 3 heterocycles. The van der Waals surface area contributed by atoms with Crippen LogP contribution in [0.5, 0.6) is 0 Å². The van der Waals surface area contributed by atoms with Gasteiger partial charge in [0.05, 0.1) is 18.3 Å². The summed E-state index contributed by atoms with van der Waals surface area (Å²) in [5.74, 6) is -2.57. The summed E-state index contributed by atoms with van der Waals surface area (Å²) in [5.41, 5.74) is 0.534. The van der Waals surface area contributed by atoms with Gasteiger partial charge >= 0.3 is 12.1 Å². The van der Waals surface area contributed by atoms with E-state index in [1.54, 1.807) is 18.3 Å². The highest BCUT2D eigenvalue weighted by Crippen LogP contribution is 2.37. The monoisotopic (exact) mass is 461 g/mol. The molecule has 1 aliphatic carbocycles. The summed E-state index contributed by atoms with van der Waals surface area (Å²) in [7, 11) is 0. The molecule has 0 spiro atoms. The fourth-order valence-corrected chi connectivity index (χ4v) is 4.02. The molecule has 0 unspecified atom stereocenters. The summed E-state index contributed by atoms with van der Waals surface area (Å²) in [4.78, 5) is 39.2. The first-order valence-corrected chi connectivity index (χ1v) is 10.1. The molecule has 2 saturated heterocycles. The number of aromatic nitrogens is 1. The fraction of sp³-hybridized carbons (Fsp3) is 0.600. The second-order valence-electron chi connectivity index (χ2n) is 8.06. The van der Waals surface area contributed by atoms with E-state index in [-0.39, 0.29) is 35.7 Å². The van der Waals surface area contributed by atoms with Crippen LogP contribution in [-0.2, 0) is 14.3 Å². The van der Waals surface area contributed by atoms with Crippen molar-refractivity contribution in [2.75, 3.05) is 26.2 Å². The highest BCUT2D eigenvalue weighted by molar-refractivity contribution is 5.93. The largest absolute Gasteiger partial charge is 0.490 e. The van der Waals surface area contributed by atoms with Crippen LogP contribution in [0.2, 0.25) is 0 Å². The van der Waals surface area contributed by atoms with Crippen LogP contribution in [0.1, 0.15) is 23.2 Å². The number of amides is 2. The molecule has 176 valence electrons. The molecule has 0 bridgehead atoms. The number of nitrogens with zero attached hydrogens (tertiary/aromatic N) is 2. The molecule has 3 atom stereocenters. The number of rotatable bonds is 4. The van der Waals surface area contributed by atoms with Gasteiger partial charge in [0.1, 0.15) is 6.17 Å². The molecule has 32 heavy (non-hydrogen) atoms. The average Bonchev–Trinajstić information content (AvgIpc) is 3.31. The first kappa shape index (κ1) is 23.9. The van der Waals surface area contributed by atoms with E-state index < -0.39 is 18.3 Å². The minimum absolute atomic E-state index is 0.0329. The number of likely N-dealkylation sites (tertiary alicyclic amines) is 1. The number of ether oxygens (including phenoxy) is 1. The van der Waals surface area contributed by atoms with Crippen molar-refractivity contribution >= 4 is 17.8 Å². The topological polar surface area (TPSA) is 109 Å². The molecule has 1 saturated carbocycles. The third-order valence-corrected chi connectivity index (χ3v) is 5.87. The Kier molecular flexibility index (Phi) is 7.32. The van der Waals surface area contributed by atoms with E-state index in [9.17, 15) is 27.2 Å². The number of hydrogen-bond donors (Lipinski definition) is 2. The Balaban J connectivity index is 0.000000360. The number of fused-ring (bicyclic) bond motifs is 1. The number of carbonyl (C=O) groups is 3. The average molecular weight is 461 g/mol. The molecule has 8 nitrogen and oxygen atoms in total. The van der Waals surface area contributed by atoms with Crippen molar-refractivity contribution in [3.8, 4) is 0 Å². The molecular weight excluding hydrogens is 438 g/mol. The molecule has 3 aliphatic rings. The lowest BCUT2D eigenvalue weighted by Crippen LogP contribution is -2.42. The summed E-state index contributed by atoms with van der Waals surface area (Å²) in [6.45, 7) is 2.35. The number of carbonyl (C=O) groups excluding carboxylic acids is 2. The van der Waals surface area contributed by atoms with Gasteiger partial charge in [0, 0.05) is 49.8 Å². The lowest BCUT2D eigenvalue weighted by molar-refractivity contribution is -0.192. The van der Waals surface area contributed by atoms with E-state index in [0.29, 0.717) is 44.6 Å². The Labute approximate surface area is 180 Å². The van der Waals surface area contributed by atoms with Crippen LogP contribution >= 0.6 is 0 Å². The zero-order valence-electron chi connectivity index (χ0n) is 16.9. The van der Waals surface area contributed by atoms with E-state index in [2.05, 4.69) is 10.3 Å². The normalized spacial score (nSPS) is 28.8. The molecule has 4 rings (SSSR count). The summed E-state index contributed by atoms with van der Waals surface area (Å²) < 4.78 is 50.5. The van der Waals surface area contributed by atoms with E-state index >= 15 is 0 Å². The smallest absolute Gasteiger partial charge is 0.475 e. The third-order valence-electron chi connectivity index (χ3n) is 5.87. The van der Waals surface area contributed by atoms with Gasteiger partial charge in [-0.2, -0.15) is 13.2 Å². The van der Waals surface area contributed by atoms with E-state index in [1.165, 1.54) is 6.20 Å². The van der Waals surface area contributed by atoms with Gasteiger partial charge in [-0.15, -0.1) is 0 Å². The minimum atomic E-state index is -5.08. The number of alkyl halides is 4. The zero-order chi connectivity index (χ0) is 23.5. The highest BCUT2D eigenvalue weighted by Gasteiger charge is 2.47. The third kappa shape index (κ3) is 5.72. The van der Waals surface area contributed by atoms with E-state index in [0.717, 1.165) is 0 Å². The first-order valence-electron chi connectivity index (χ1n) is 10.1. The SMILES string of the molecule is O=C(NC[C@H]1CO[C@@H]2CN(C(=O)C3CC(F)C3)C[C@H]12)c1cccnc1.O=C(O)C(F)(F)F. The van der Waals surface area contributed by atoms with Gasteiger partial charge in [-0.25, -0.2) is 9.18 Å². The Morgan fingerprint density at radius 3 is 2.50 bits per heavy atom. The van der Waals surface area contributed by atoms with Gasteiger partial charge < -0.3 is 20.1 Å². The summed E-state index contributed by atoms with van der Waals surface area (Å²) in [5, 5.41) is 10.1. The quantitative estimate of drug-likeness (QED) is 0.661. The maximum atomic E-state index is 13.0. The van der Waals surface area contributed by atoms with Crippen LogP contribution in [0.4, 0.5) is 17.6 Å². The maximum Gasteiger partial charge on any atom is 0.490 e. The Morgan fingerprint density at radius 2 is 1.94 bits per heavy atom. The van der Waals surface area contributed by atoms with Crippen molar-refractivity contribution in [3.63, 3.8) is 0 Å². The standard InChI is InChI=1S/C18H22FN3O3.C2HF3O2/c19-14-4-12(5-14)18(24)22-8-15-13(10-25-16(15)9-22)7-21-17(23)11-2-1-3-20-6-11;3-2(4,5)1(6)7/h1-3,6,12-16H,4-5,7-10H2,(H,21,23);(H,6,7)/t12?,13-,14?,15+,16+;/m0./s1. The number of nitrogens with one attached hydrogen (secondary N) is 1. The van der Waals surface area contributed by atoms with Crippen LogP contribution in [0, 0.1) is 17.8 Å². The van der Waals surface area contributed by atoms with Gasteiger partial charge in [0.25, 0.3) is 5.91 Å². The number of halogens is 4. The van der Waals surface area contributed by atoms with Crippen molar-refractivity contribution in [2.24, 2.45) is 17.8 Å². The van der Waals surface area contributed by atoms with E-state index in [1.807, 2.05) is 4.90 Å². The van der Waals surface area contributed by atoms with Crippen molar-refractivity contribution in [1.29, 1.82) is 0 Å². The predicted molar refractivity (Wildman–Crippen MR) is 101 cm³/mol. The first-order chi connectivity index (χ1) is 15.1. The van der Waals surface area contributed by atoms with Crippen LogP contribution in [-0.4, -0.2) is 77.5 Å². The van der Waals surface area contributed by atoms with Gasteiger partial charge in [-0.1, -0.05) is 0 Å². The number of aliphatic carboxylic acids is 1. The molecule has 2 amide bonds. The number of pyridine rings is 1. The predicted octanol–water partition coefficient (Wildman–Crippen LogP) is 1.67. The number of carboxylic acid groups (broad SMARTS) is 1. The Hall–Kier alpha value is -2.76. The summed E-state index contributed by atoms with van der Waals surface area (Å²) >= 11 is 0. The van der Waals surface area contributed by atoms with Gasteiger partial charge in [-0.05, 0) is 25.0 Å². The molecule has 3 fully saturated rings. The molecule has 0 radical (unpaired) electrons. The molecule has 1 aromatic rings. The molecular formula is C20H23F4N3O5. The minimum Gasteiger partial charge on any atom is -0.475 e. The fourth-order valence-electron chi connectivity index (χ4n) is 4.02. The van der Waals surface area contributed by atoms with Crippen LogP contribution < -0.4 is 5.32 Å². The highest BCUT2D eigenvalue weighted by atomic mass is 19.4. The summed E-state index contributed by atoms with van der Waals surface area (Å²) in [6, 6.07) is 3.45. The number of hydrogen-bond acceptors (Lipinski definition) is 5. The summed E-state index contributed by atoms with van der Waals surface area (Å²) in [6.07, 6.45) is -1.99. The molecule has 2 N–H and O–H groups in total. The van der Waals surface area contributed by atoms with Crippen molar-refractivity contribution in [2.45, 2.75) is 31.3 Å². The second-order valence-corrected chi connectivity index (χ2v) is 8.06. The van der Waals surface area contributed by atoms with E-state index in [4.69, 9.17) is 14.6 Å². The second kappa shape index (κ2) is 9.80. The zero-order valence-corrected chi connectivity index (χ0v) is 16.9. The van der Waals surface area contributed by atoms with Crippen molar-refractivity contribution in [3.05, 3.63) is 30.1 Å². The van der Waals surface area contributed by atoms with Gasteiger partial charge in [0.15, 0.2) is 0 Å².